The van der Waals surface area contributed by atoms with Crippen molar-refractivity contribution >= 4 is 5.82 Å². The first-order chi connectivity index (χ1) is 11.4. The van der Waals surface area contributed by atoms with Gasteiger partial charge in [-0.25, -0.2) is 4.98 Å². The Balaban J connectivity index is 1.84. The molecule has 5 nitrogen and oxygen atoms in total. The maximum Gasteiger partial charge on any atom is 0.435 e. The third-order valence-electron chi connectivity index (χ3n) is 4.22. The first kappa shape index (κ1) is 16.3. The maximum atomic E-state index is 12.7. The highest BCUT2D eigenvalue weighted by Crippen LogP contribution is 2.31. The highest BCUT2D eigenvalue weighted by molar-refractivity contribution is 5.57. The molecule has 0 amide bonds. The molecule has 126 valence electrons. The molecule has 1 aliphatic rings. The summed E-state index contributed by atoms with van der Waals surface area (Å²) in [7, 11) is 0. The molecule has 1 aliphatic heterocycles. The molecule has 3 rings (SSSR count). The molecule has 0 saturated carbocycles. The van der Waals surface area contributed by atoms with Crippen molar-refractivity contribution in [3.05, 3.63) is 41.3 Å². The summed E-state index contributed by atoms with van der Waals surface area (Å²) >= 11 is 0. The molecule has 0 bridgehead atoms. The van der Waals surface area contributed by atoms with Gasteiger partial charge in [-0.2, -0.15) is 23.5 Å². The Morgan fingerprint density at radius 2 is 2.12 bits per heavy atom. The smallest absolute Gasteiger partial charge is 0.353 e. The molecule has 0 aliphatic carbocycles. The van der Waals surface area contributed by atoms with Crippen LogP contribution in [0.3, 0.4) is 0 Å². The zero-order valence-corrected chi connectivity index (χ0v) is 13.1. The van der Waals surface area contributed by atoms with Crippen LogP contribution in [-0.2, 0) is 6.18 Å². The Hall–Kier alpha value is -2.56. The summed E-state index contributed by atoms with van der Waals surface area (Å²) in [6, 6.07) is 4.75. The van der Waals surface area contributed by atoms with Gasteiger partial charge in [-0.15, -0.1) is 0 Å². The van der Waals surface area contributed by atoms with Crippen LogP contribution in [-0.4, -0.2) is 27.9 Å². The fourth-order valence-electron chi connectivity index (χ4n) is 2.98. The van der Waals surface area contributed by atoms with Crippen LogP contribution in [0, 0.1) is 18.3 Å². The lowest BCUT2D eigenvalue weighted by Gasteiger charge is -2.34. The molecule has 2 aromatic heterocycles. The predicted molar refractivity (Wildman–Crippen MR) is 81.4 cm³/mol. The fraction of sp³-hybridized carbons (Fsp3) is 0.438. The van der Waals surface area contributed by atoms with Gasteiger partial charge in [0.25, 0.3) is 0 Å². The van der Waals surface area contributed by atoms with E-state index in [1.165, 1.54) is 10.9 Å². The van der Waals surface area contributed by atoms with E-state index in [-0.39, 0.29) is 6.04 Å². The molecule has 1 atom stereocenters. The molecule has 24 heavy (non-hydrogen) atoms. The number of halogens is 3. The van der Waals surface area contributed by atoms with Crippen LogP contribution in [0.5, 0.6) is 0 Å². The minimum absolute atomic E-state index is 0.177. The van der Waals surface area contributed by atoms with Gasteiger partial charge in [-0.05, 0) is 37.5 Å². The fourth-order valence-corrected chi connectivity index (χ4v) is 2.98. The zero-order valence-electron chi connectivity index (χ0n) is 13.1. The van der Waals surface area contributed by atoms with Gasteiger partial charge < -0.3 is 4.90 Å². The lowest BCUT2D eigenvalue weighted by Crippen LogP contribution is -2.38. The average molecular weight is 335 g/mol. The van der Waals surface area contributed by atoms with Crippen molar-refractivity contribution in [1.82, 2.24) is 14.8 Å². The second-order valence-electron chi connectivity index (χ2n) is 5.86. The molecule has 1 fully saturated rings. The monoisotopic (exact) mass is 335 g/mol. The van der Waals surface area contributed by atoms with Gasteiger partial charge in [0.05, 0.1) is 11.6 Å². The van der Waals surface area contributed by atoms with E-state index in [1.807, 2.05) is 11.8 Å². The zero-order chi connectivity index (χ0) is 17.3. The number of nitrogens with zero attached hydrogens (tertiary/aromatic N) is 5. The lowest BCUT2D eigenvalue weighted by atomic mass is 10.0. The summed E-state index contributed by atoms with van der Waals surface area (Å²) in [5.74, 6) is 0.588. The van der Waals surface area contributed by atoms with Crippen LogP contribution in [0.25, 0.3) is 0 Å². The highest BCUT2D eigenvalue weighted by Gasteiger charge is 2.34. The molecule has 0 aromatic carbocycles. The van der Waals surface area contributed by atoms with Crippen LogP contribution < -0.4 is 4.90 Å². The molecule has 0 N–H and O–H groups in total. The predicted octanol–water partition coefficient (Wildman–Crippen LogP) is 3.32. The summed E-state index contributed by atoms with van der Waals surface area (Å²) in [6.45, 7) is 3.04. The molecule has 2 aromatic rings. The van der Waals surface area contributed by atoms with Crippen LogP contribution >= 0.6 is 0 Å². The summed E-state index contributed by atoms with van der Waals surface area (Å²) < 4.78 is 39.5. The standard InChI is InChI=1S/C16H16F3N5/c1-11-4-6-21-15(13(11)9-20)23-7-2-3-12(10-23)24-8-5-14(22-24)16(17,18)19/h4-6,8,12H,2-3,7,10H2,1H3. The number of alkyl halides is 3. The molecule has 3 heterocycles. The van der Waals surface area contributed by atoms with Crippen molar-refractivity contribution < 1.29 is 13.2 Å². The van der Waals surface area contributed by atoms with Crippen molar-refractivity contribution in [2.75, 3.05) is 18.0 Å². The summed E-state index contributed by atoms with van der Waals surface area (Å²) in [5.41, 5.74) is 0.462. The minimum atomic E-state index is -4.44. The first-order valence-corrected chi connectivity index (χ1v) is 7.63. The third-order valence-corrected chi connectivity index (χ3v) is 4.22. The number of aromatic nitrogens is 3. The number of anilines is 1. The first-order valence-electron chi connectivity index (χ1n) is 7.63. The van der Waals surface area contributed by atoms with Gasteiger partial charge in [-0.1, -0.05) is 0 Å². The molecular weight excluding hydrogens is 319 g/mol. The molecule has 1 saturated heterocycles. The summed E-state index contributed by atoms with van der Waals surface area (Å²) in [5, 5.41) is 13.0. The second kappa shape index (κ2) is 6.15. The lowest BCUT2D eigenvalue weighted by molar-refractivity contribution is -0.141. The molecule has 0 spiro atoms. The van der Waals surface area contributed by atoms with Gasteiger partial charge in [0.2, 0.25) is 0 Å². The Labute approximate surface area is 137 Å². The van der Waals surface area contributed by atoms with E-state index in [0.717, 1.165) is 31.0 Å². The Morgan fingerprint density at radius 1 is 1.33 bits per heavy atom. The van der Waals surface area contributed by atoms with Gasteiger partial charge in [0.15, 0.2) is 5.69 Å². The Kier molecular flexibility index (Phi) is 4.18. The second-order valence-corrected chi connectivity index (χ2v) is 5.86. The van der Waals surface area contributed by atoms with E-state index in [4.69, 9.17) is 0 Å². The quantitative estimate of drug-likeness (QED) is 0.845. The topological polar surface area (TPSA) is 57.7 Å². The minimum Gasteiger partial charge on any atom is -0.353 e. The van der Waals surface area contributed by atoms with Crippen LogP contribution in [0.2, 0.25) is 0 Å². The molecule has 1 unspecified atom stereocenters. The van der Waals surface area contributed by atoms with Crippen molar-refractivity contribution in [1.29, 1.82) is 5.26 Å². The Bertz CT molecular complexity index is 775. The largest absolute Gasteiger partial charge is 0.435 e. The SMILES string of the molecule is Cc1ccnc(N2CCCC(n3ccc(C(F)(F)F)n3)C2)c1C#N. The van der Waals surface area contributed by atoms with Crippen LogP contribution in [0.1, 0.15) is 35.7 Å². The van der Waals surface area contributed by atoms with E-state index >= 15 is 0 Å². The number of hydrogen-bond donors (Lipinski definition) is 0. The molecular formula is C16H16F3N5. The van der Waals surface area contributed by atoms with Gasteiger partial charge in [-0.3, -0.25) is 4.68 Å². The van der Waals surface area contributed by atoms with Gasteiger partial charge >= 0.3 is 6.18 Å². The van der Waals surface area contributed by atoms with Crippen molar-refractivity contribution in [2.24, 2.45) is 0 Å². The van der Waals surface area contributed by atoms with Crippen molar-refractivity contribution in [2.45, 2.75) is 32.0 Å². The van der Waals surface area contributed by atoms with E-state index < -0.39 is 11.9 Å². The molecule has 0 radical (unpaired) electrons. The van der Waals surface area contributed by atoms with E-state index in [1.54, 1.807) is 12.3 Å². The highest BCUT2D eigenvalue weighted by atomic mass is 19.4. The van der Waals surface area contributed by atoms with E-state index in [2.05, 4.69) is 16.2 Å². The normalized spacial score (nSPS) is 18.5. The number of hydrogen-bond acceptors (Lipinski definition) is 4. The number of piperidine rings is 1. The number of rotatable bonds is 2. The number of aryl methyl sites for hydroxylation is 1. The number of nitriles is 1. The van der Waals surface area contributed by atoms with Crippen molar-refractivity contribution in [3.63, 3.8) is 0 Å². The summed E-state index contributed by atoms with van der Waals surface area (Å²) in [6.07, 6.45) is 0.109. The summed E-state index contributed by atoms with van der Waals surface area (Å²) in [4.78, 5) is 6.25. The third kappa shape index (κ3) is 3.07. The van der Waals surface area contributed by atoms with E-state index in [0.29, 0.717) is 17.9 Å². The maximum absolute atomic E-state index is 12.7. The van der Waals surface area contributed by atoms with Crippen LogP contribution in [0.15, 0.2) is 24.5 Å². The number of pyridine rings is 1. The van der Waals surface area contributed by atoms with Crippen molar-refractivity contribution in [3.8, 4) is 6.07 Å². The Morgan fingerprint density at radius 3 is 2.79 bits per heavy atom. The van der Waals surface area contributed by atoms with Crippen LogP contribution in [0.4, 0.5) is 19.0 Å². The van der Waals surface area contributed by atoms with Gasteiger partial charge in [0.1, 0.15) is 11.9 Å². The average Bonchev–Trinajstić information content (AvgIpc) is 3.05. The molecule has 8 heteroatoms. The van der Waals surface area contributed by atoms with E-state index in [9.17, 15) is 18.4 Å². The van der Waals surface area contributed by atoms with Gasteiger partial charge in [0, 0.05) is 25.5 Å².